The van der Waals surface area contributed by atoms with Crippen LogP contribution in [0.3, 0.4) is 0 Å². The Hall–Kier alpha value is -1.59. The summed E-state index contributed by atoms with van der Waals surface area (Å²) in [5.74, 6) is -0.815. The highest BCUT2D eigenvalue weighted by Gasteiger charge is 2.58. The average Bonchev–Trinajstić information content (AvgIpc) is 3.44. The molecule has 1 unspecified atom stereocenters. The van der Waals surface area contributed by atoms with Crippen molar-refractivity contribution >= 4 is 34.0 Å². The van der Waals surface area contributed by atoms with Crippen molar-refractivity contribution in [3.8, 4) is 0 Å². The Morgan fingerprint density at radius 2 is 2.06 bits per heavy atom. The number of thiophene rings is 1. The SMILES string of the molecule is Cc1ncnc2c1ccn2C1O[C@H]([C@@H](O)c2sc(Cl)cc2CCO)[C@H]2OC(C)(C)O[C@@H]12. The molecule has 0 aromatic carbocycles. The highest BCUT2D eigenvalue weighted by Crippen LogP contribution is 2.48. The number of nitrogens with zero attached hydrogens (tertiary/aromatic N) is 3. The minimum absolute atomic E-state index is 0.0337. The molecule has 5 rings (SSSR count). The number of ether oxygens (including phenoxy) is 3. The summed E-state index contributed by atoms with van der Waals surface area (Å²) in [6, 6.07) is 3.73. The summed E-state index contributed by atoms with van der Waals surface area (Å²) in [4.78, 5) is 9.37. The van der Waals surface area contributed by atoms with E-state index < -0.39 is 36.4 Å². The molecule has 2 N–H and O–H groups in total. The predicted octanol–water partition coefficient (Wildman–Crippen LogP) is 3.14. The fraction of sp³-hybridized carbons (Fsp3) is 0.524. The molecule has 2 aliphatic heterocycles. The molecule has 3 aromatic rings. The second-order valence-corrected chi connectivity index (χ2v) is 10.0. The minimum atomic E-state index is -0.979. The fourth-order valence-corrected chi connectivity index (χ4v) is 5.85. The highest BCUT2D eigenvalue weighted by atomic mass is 35.5. The zero-order valence-electron chi connectivity index (χ0n) is 17.4. The maximum atomic E-state index is 11.3. The molecule has 8 nitrogen and oxygen atoms in total. The van der Waals surface area contributed by atoms with Crippen LogP contribution in [0.5, 0.6) is 0 Å². The third-order valence-electron chi connectivity index (χ3n) is 5.82. The van der Waals surface area contributed by atoms with E-state index in [9.17, 15) is 10.2 Å². The first kappa shape index (κ1) is 21.3. The van der Waals surface area contributed by atoms with E-state index in [1.54, 1.807) is 6.07 Å². The van der Waals surface area contributed by atoms with E-state index in [2.05, 4.69) is 9.97 Å². The highest BCUT2D eigenvalue weighted by molar-refractivity contribution is 7.16. The lowest BCUT2D eigenvalue weighted by atomic mass is 10.0. The lowest BCUT2D eigenvalue weighted by Gasteiger charge is -2.27. The molecule has 5 heterocycles. The summed E-state index contributed by atoms with van der Waals surface area (Å²) in [6.45, 7) is 5.60. The number of halogens is 1. The average molecular weight is 466 g/mol. The van der Waals surface area contributed by atoms with Gasteiger partial charge in [-0.05, 0) is 44.9 Å². The molecule has 166 valence electrons. The lowest BCUT2D eigenvalue weighted by Crippen LogP contribution is -2.34. The van der Waals surface area contributed by atoms with Gasteiger partial charge in [0.15, 0.2) is 12.0 Å². The van der Waals surface area contributed by atoms with Crippen LogP contribution in [0.1, 0.15) is 42.3 Å². The largest absolute Gasteiger partial charge is 0.396 e. The molecule has 0 radical (unpaired) electrons. The van der Waals surface area contributed by atoms with Crippen LogP contribution in [0.4, 0.5) is 0 Å². The normalized spacial score (nSPS) is 28.3. The third kappa shape index (κ3) is 3.58. The number of fused-ring (bicyclic) bond motifs is 2. The maximum absolute atomic E-state index is 11.3. The number of aliphatic hydroxyl groups is 2. The number of hydrogen-bond donors (Lipinski definition) is 2. The summed E-state index contributed by atoms with van der Waals surface area (Å²) in [5.41, 5.74) is 2.42. The topological polar surface area (TPSA) is 98.9 Å². The molecule has 2 saturated heterocycles. The van der Waals surface area contributed by atoms with Crippen molar-refractivity contribution in [1.29, 1.82) is 0 Å². The van der Waals surface area contributed by atoms with Crippen molar-refractivity contribution in [2.45, 2.75) is 63.6 Å². The van der Waals surface area contributed by atoms with Crippen LogP contribution in [-0.4, -0.2) is 55.5 Å². The molecule has 2 aliphatic rings. The number of aryl methyl sites for hydroxylation is 1. The van der Waals surface area contributed by atoms with E-state index in [1.165, 1.54) is 17.7 Å². The first-order valence-corrected chi connectivity index (χ1v) is 11.3. The van der Waals surface area contributed by atoms with Gasteiger partial charge < -0.3 is 29.0 Å². The summed E-state index contributed by atoms with van der Waals surface area (Å²) < 4.78 is 21.2. The quantitative estimate of drug-likeness (QED) is 0.597. The Labute approximate surface area is 188 Å². The van der Waals surface area contributed by atoms with E-state index >= 15 is 0 Å². The molecule has 0 aliphatic carbocycles. The molecule has 0 spiro atoms. The first-order valence-electron chi connectivity index (χ1n) is 10.2. The molecule has 31 heavy (non-hydrogen) atoms. The molecule has 3 aromatic heterocycles. The van der Waals surface area contributed by atoms with Gasteiger partial charge in [0.1, 0.15) is 36.4 Å². The molecular formula is C21H24ClN3O5S. The first-order chi connectivity index (χ1) is 14.8. The van der Waals surface area contributed by atoms with Crippen molar-refractivity contribution in [2.24, 2.45) is 0 Å². The van der Waals surface area contributed by atoms with Gasteiger partial charge in [-0.2, -0.15) is 0 Å². The van der Waals surface area contributed by atoms with Gasteiger partial charge in [0.05, 0.1) is 10.0 Å². The van der Waals surface area contributed by atoms with E-state index in [1.807, 2.05) is 37.6 Å². The van der Waals surface area contributed by atoms with Gasteiger partial charge in [0.2, 0.25) is 0 Å². The van der Waals surface area contributed by atoms with E-state index in [4.69, 9.17) is 25.8 Å². The Bertz CT molecular complexity index is 1120. The molecule has 2 fully saturated rings. The van der Waals surface area contributed by atoms with Crippen LogP contribution in [0.15, 0.2) is 24.7 Å². The smallest absolute Gasteiger partial charge is 0.164 e. The van der Waals surface area contributed by atoms with Gasteiger partial charge in [0.25, 0.3) is 0 Å². The number of rotatable bonds is 5. The van der Waals surface area contributed by atoms with Crippen molar-refractivity contribution < 1.29 is 24.4 Å². The van der Waals surface area contributed by atoms with Crippen molar-refractivity contribution in [2.75, 3.05) is 6.61 Å². The van der Waals surface area contributed by atoms with E-state index in [-0.39, 0.29) is 6.61 Å². The summed E-state index contributed by atoms with van der Waals surface area (Å²) in [7, 11) is 0. The molecule has 5 atom stereocenters. The third-order valence-corrected chi connectivity index (χ3v) is 7.20. The Morgan fingerprint density at radius 3 is 2.84 bits per heavy atom. The van der Waals surface area contributed by atoms with Crippen LogP contribution in [-0.2, 0) is 20.6 Å². The maximum Gasteiger partial charge on any atom is 0.164 e. The molecular weight excluding hydrogens is 442 g/mol. The second kappa shape index (κ2) is 7.77. The Kier molecular flexibility index (Phi) is 5.33. The van der Waals surface area contributed by atoms with Crippen LogP contribution in [0.25, 0.3) is 11.0 Å². The molecule has 10 heteroatoms. The van der Waals surface area contributed by atoms with E-state index in [0.717, 1.165) is 22.3 Å². The lowest BCUT2D eigenvalue weighted by molar-refractivity contribution is -0.207. The zero-order valence-corrected chi connectivity index (χ0v) is 18.9. The Balaban J connectivity index is 1.53. The second-order valence-electron chi connectivity index (χ2n) is 8.33. The number of hydrogen-bond acceptors (Lipinski definition) is 8. The van der Waals surface area contributed by atoms with Crippen LogP contribution in [0.2, 0.25) is 4.34 Å². The van der Waals surface area contributed by atoms with Crippen molar-refractivity contribution in [3.63, 3.8) is 0 Å². The van der Waals surface area contributed by atoms with Gasteiger partial charge in [-0.3, -0.25) is 0 Å². The van der Waals surface area contributed by atoms with Crippen LogP contribution >= 0.6 is 22.9 Å². The van der Waals surface area contributed by atoms with E-state index in [0.29, 0.717) is 15.6 Å². The van der Waals surface area contributed by atoms with Crippen molar-refractivity contribution in [1.82, 2.24) is 14.5 Å². The molecule has 0 amide bonds. The molecule has 0 saturated carbocycles. The van der Waals surface area contributed by atoms with Gasteiger partial charge in [-0.15, -0.1) is 11.3 Å². The minimum Gasteiger partial charge on any atom is -0.396 e. The van der Waals surface area contributed by atoms with Crippen LogP contribution < -0.4 is 0 Å². The Morgan fingerprint density at radius 1 is 1.29 bits per heavy atom. The van der Waals surface area contributed by atoms with Gasteiger partial charge in [-0.1, -0.05) is 11.6 Å². The monoisotopic (exact) mass is 465 g/mol. The number of aromatic nitrogens is 3. The summed E-state index contributed by atoms with van der Waals surface area (Å²) >= 11 is 7.50. The number of aliphatic hydroxyl groups excluding tert-OH is 2. The summed E-state index contributed by atoms with van der Waals surface area (Å²) in [5, 5.41) is 21.6. The predicted molar refractivity (Wildman–Crippen MR) is 115 cm³/mol. The fourth-order valence-electron chi connectivity index (χ4n) is 4.51. The van der Waals surface area contributed by atoms with Crippen molar-refractivity contribution in [3.05, 3.63) is 45.1 Å². The van der Waals surface area contributed by atoms with Gasteiger partial charge in [-0.25, -0.2) is 9.97 Å². The molecule has 0 bridgehead atoms. The van der Waals surface area contributed by atoms with Gasteiger partial charge in [0, 0.05) is 23.1 Å². The zero-order chi connectivity index (χ0) is 21.9. The van der Waals surface area contributed by atoms with Gasteiger partial charge >= 0.3 is 0 Å². The standard InChI is InChI=1S/C21H24ClN3O5S/c1-10-12-4-6-25(19(12)24-9-23-10)20-17-16(29-21(2,3)30-17)15(28-20)14(27)18-11(5-7-26)8-13(22)31-18/h4,6,8-9,14-17,20,26-27H,5,7H2,1-3H3/t14-,15-,16-,17-,20?/m1/s1. The summed E-state index contributed by atoms with van der Waals surface area (Å²) in [6.07, 6.45) is 0.720. The van der Waals surface area contributed by atoms with Crippen LogP contribution in [0, 0.1) is 6.92 Å².